The number of imidazole rings is 1. The van der Waals surface area contributed by atoms with Crippen molar-refractivity contribution < 1.29 is 9.59 Å². The van der Waals surface area contributed by atoms with E-state index in [9.17, 15) is 9.59 Å². The number of anilines is 1. The van der Waals surface area contributed by atoms with Crippen molar-refractivity contribution in [1.82, 2.24) is 14.9 Å². The molecule has 2 amide bonds. The molecule has 154 valence electrons. The first-order valence-corrected chi connectivity index (χ1v) is 11.6. The van der Waals surface area contributed by atoms with Gasteiger partial charge in [0.15, 0.2) is 5.16 Å². The van der Waals surface area contributed by atoms with Crippen LogP contribution in [0.15, 0.2) is 71.0 Å². The van der Waals surface area contributed by atoms with E-state index in [0.717, 1.165) is 17.3 Å². The van der Waals surface area contributed by atoms with Gasteiger partial charge >= 0.3 is 0 Å². The molecule has 2 aromatic carbocycles. The Kier molecular flexibility index (Phi) is 6.44. The SMILES string of the molecule is Cn1ccnc1SCC(=O)Nc1ccc(C(=O)N[C@H]2CCSc3ccccc32)cc1. The number of amides is 2. The Labute approximate surface area is 183 Å². The predicted molar refractivity (Wildman–Crippen MR) is 121 cm³/mol. The molecule has 0 unspecified atom stereocenters. The highest BCUT2D eigenvalue weighted by Gasteiger charge is 2.22. The summed E-state index contributed by atoms with van der Waals surface area (Å²) in [6.07, 6.45) is 4.46. The van der Waals surface area contributed by atoms with E-state index in [1.807, 2.05) is 41.7 Å². The molecule has 0 saturated carbocycles. The number of nitrogens with zero attached hydrogens (tertiary/aromatic N) is 2. The van der Waals surface area contributed by atoms with Crippen molar-refractivity contribution >= 4 is 41.0 Å². The summed E-state index contributed by atoms with van der Waals surface area (Å²) in [5.74, 6) is 1.04. The van der Waals surface area contributed by atoms with Gasteiger partial charge in [-0.2, -0.15) is 0 Å². The molecule has 0 saturated heterocycles. The quantitative estimate of drug-likeness (QED) is 0.566. The highest BCUT2D eigenvalue weighted by atomic mass is 32.2. The van der Waals surface area contributed by atoms with Crippen LogP contribution in [-0.4, -0.2) is 32.9 Å². The van der Waals surface area contributed by atoms with Gasteiger partial charge in [0.1, 0.15) is 0 Å². The molecule has 2 heterocycles. The van der Waals surface area contributed by atoms with Gasteiger partial charge in [-0.15, -0.1) is 11.8 Å². The topological polar surface area (TPSA) is 76.0 Å². The Hall–Kier alpha value is -2.71. The Morgan fingerprint density at radius 1 is 1.20 bits per heavy atom. The summed E-state index contributed by atoms with van der Waals surface area (Å²) in [7, 11) is 1.89. The number of hydrogen-bond donors (Lipinski definition) is 2. The fourth-order valence-corrected chi connectivity index (χ4v) is 5.11. The molecule has 1 atom stereocenters. The molecule has 0 fully saturated rings. The monoisotopic (exact) mass is 438 g/mol. The number of fused-ring (bicyclic) bond motifs is 1. The van der Waals surface area contributed by atoms with Crippen LogP contribution in [0.4, 0.5) is 5.69 Å². The molecule has 2 N–H and O–H groups in total. The molecule has 6 nitrogen and oxygen atoms in total. The van der Waals surface area contributed by atoms with Crippen molar-refractivity contribution in [1.29, 1.82) is 0 Å². The smallest absolute Gasteiger partial charge is 0.251 e. The van der Waals surface area contributed by atoms with E-state index in [1.54, 1.807) is 30.5 Å². The van der Waals surface area contributed by atoms with Gasteiger partial charge in [0.05, 0.1) is 11.8 Å². The molecule has 4 rings (SSSR count). The normalized spacial score (nSPS) is 15.3. The van der Waals surface area contributed by atoms with Gasteiger partial charge in [0, 0.05) is 41.3 Å². The van der Waals surface area contributed by atoms with E-state index >= 15 is 0 Å². The maximum Gasteiger partial charge on any atom is 0.251 e. The predicted octanol–water partition coefficient (Wildman–Crippen LogP) is 4.12. The fraction of sp³-hybridized carbons (Fsp3) is 0.227. The average Bonchev–Trinajstić information content (AvgIpc) is 3.18. The number of hydrogen-bond acceptors (Lipinski definition) is 5. The van der Waals surface area contributed by atoms with Crippen LogP contribution < -0.4 is 10.6 Å². The van der Waals surface area contributed by atoms with Gasteiger partial charge in [-0.05, 0) is 42.3 Å². The van der Waals surface area contributed by atoms with E-state index in [4.69, 9.17) is 0 Å². The molecule has 3 aromatic rings. The minimum absolute atomic E-state index is 0.0254. The summed E-state index contributed by atoms with van der Waals surface area (Å²) in [6.45, 7) is 0. The first-order valence-electron chi connectivity index (χ1n) is 9.63. The molecular formula is C22H22N4O2S2. The van der Waals surface area contributed by atoms with E-state index in [-0.39, 0.29) is 23.6 Å². The van der Waals surface area contributed by atoms with Crippen molar-refractivity contribution in [3.63, 3.8) is 0 Å². The fourth-order valence-electron chi connectivity index (χ4n) is 3.26. The minimum Gasteiger partial charge on any atom is -0.345 e. The lowest BCUT2D eigenvalue weighted by Crippen LogP contribution is -2.30. The number of carbonyl (C=O) groups is 2. The van der Waals surface area contributed by atoms with Gasteiger partial charge in [-0.1, -0.05) is 30.0 Å². The Bertz CT molecular complexity index is 1050. The largest absolute Gasteiger partial charge is 0.345 e. The summed E-state index contributed by atoms with van der Waals surface area (Å²) < 4.78 is 1.87. The lowest BCUT2D eigenvalue weighted by molar-refractivity contribution is -0.113. The first kappa shape index (κ1) is 20.6. The molecule has 0 radical (unpaired) electrons. The number of carbonyl (C=O) groups excluding carboxylic acids is 2. The molecule has 1 aliphatic rings. The van der Waals surface area contributed by atoms with Crippen LogP contribution in [0.3, 0.4) is 0 Å². The van der Waals surface area contributed by atoms with Crippen LogP contribution >= 0.6 is 23.5 Å². The molecular weight excluding hydrogens is 416 g/mol. The zero-order valence-electron chi connectivity index (χ0n) is 16.5. The van der Waals surface area contributed by atoms with E-state index in [2.05, 4.69) is 27.8 Å². The van der Waals surface area contributed by atoms with Crippen LogP contribution in [0.25, 0.3) is 0 Å². The molecule has 0 spiro atoms. The maximum atomic E-state index is 12.7. The first-order chi connectivity index (χ1) is 14.6. The van der Waals surface area contributed by atoms with E-state index < -0.39 is 0 Å². The Balaban J connectivity index is 1.32. The minimum atomic E-state index is -0.114. The second-order valence-electron chi connectivity index (χ2n) is 6.94. The highest BCUT2D eigenvalue weighted by molar-refractivity contribution is 7.99. The molecule has 1 aromatic heterocycles. The zero-order valence-corrected chi connectivity index (χ0v) is 18.1. The van der Waals surface area contributed by atoms with Crippen LogP contribution in [0.2, 0.25) is 0 Å². The Morgan fingerprint density at radius 3 is 2.77 bits per heavy atom. The number of nitrogens with one attached hydrogen (secondary N) is 2. The summed E-state index contributed by atoms with van der Waals surface area (Å²) in [5.41, 5.74) is 2.42. The highest BCUT2D eigenvalue weighted by Crippen LogP contribution is 2.35. The standard InChI is InChI=1S/C22H22N4O2S2/c1-26-12-11-23-22(26)30-14-20(27)24-16-8-6-15(7-9-16)21(28)25-18-10-13-29-19-5-3-2-4-17(18)19/h2-9,11-12,18H,10,13-14H2,1H3,(H,24,27)(H,25,28)/t18-/m0/s1. The third-order valence-electron chi connectivity index (χ3n) is 4.80. The lowest BCUT2D eigenvalue weighted by atomic mass is 10.0. The Morgan fingerprint density at radius 2 is 2.00 bits per heavy atom. The van der Waals surface area contributed by atoms with Crippen LogP contribution in [0, 0.1) is 0 Å². The van der Waals surface area contributed by atoms with Gasteiger partial charge < -0.3 is 15.2 Å². The summed E-state index contributed by atoms with van der Waals surface area (Å²) in [5, 5.41) is 6.79. The summed E-state index contributed by atoms with van der Waals surface area (Å²) in [4.78, 5) is 30.3. The van der Waals surface area contributed by atoms with Gasteiger partial charge in [0.25, 0.3) is 5.91 Å². The van der Waals surface area contributed by atoms with Crippen molar-refractivity contribution in [3.05, 3.63) is 72.1 Å². The third-order valence-corrected chi connectivity index (χ3v) is 6.98. The van der Waals surface area contributed by atoms with E-state index in [0.29, 0.717) is 11.3 Å². The van der Waals surface area contributed by atoms with E-state index in [1.165, 1.54) is 22.2 Å². The zero-order chi connectivity index (χ0) is 20.9. The molecule has 0 bridgehead atoms. The third kappa shape index (κ3) is 4.88. The molecule has 8 heteroatoms. The number of rotatable bonds is 6. The van der Waals surface area contributed by atoms with Gasteiger partial charge in [-0.25, -0.2) is 4.98 Å². The van der Waals surface area contributed by atoms with Crippen molar-refractivity contribution in [2.75, 3.05) is 16.8 Å². The summed E-state index contributed by atoms with van der Waals surface area (Å²) >= 11 is 3.21. The van der Waals surface area contributed by atoms with Crippen LogP contribution in [0.5, 0.6) is 0 Å². The number of thioether (sulfide) groups is 2. The van der Waals surface area contributed by atoms with Crippen molar-refractivity contribution in [2.45, 2.75) is 22.5 Å². The van der Waals surface area contributed by atoms with Gasteiger partial charge in [0.2, 0.25) is 5.91 Å². The number of benzene rings is 2. The van der Waals surface area contributed by atoms with Crippen LogP contribution in [0.1, 0.15) is 28.4 Å². The number of aromatic nitrogens is 2. The van der Waals surface area contributed by atoms with Crippen LogP contribution in [-0.2, 0) is 11.8 Å². The molecule has 1 aliphatic heterocycles. The molecule has 0 aliphatic carbocycles. The van der Waals surface area contributed by atoms with Crippen molar-refractivity contribution in [3.8, 4) is 0 Å². The van der Waals surface area contributed by atoms with Gasteiger partial charge in [-0.3, -0.25) is 9.59 Å². The second-order valence-corrected chi connectivity index (χ2v) is 9.02. The number of aryl methyl sites for hydroxylation is 1. The van der Waals surface area contributed by atoms with Crippen molar-refractivity contribution in [2.24, 2.45) is 7.05 Å². The lowest BCUT2D eigenvalue weighted by Gasteiger charge is -2.25. The molecule has 30 heavy (non-hydrogen) atoms. The second kappa shape index (κ2) is 9.40. The summed E-state index contributed by atoms with van der Waals surface area (Å²) in [6, 6.07) is 15.2. The maximum absolute atomic E-state index is 12.7. The average molecular weight is 439 g/mol.